The highest BCUT2D eigenvalue weighted by Crippen LogP contribution is 2.54. The van der Waals surface area contributed by atoms with Crippen LogP contribution in [0.5, 0.6) is 0 Å². The summed E-state index contributed by atoms with van der Waals surface area (Å²) in [4.78, 5) is 3.47. The predicted molar refractivity (Wildman–Crippen MR) is 83.9 cm³/mol. The van der Waals surface area contributed by atoms with Gasteiger partial charge in [0.25, 0.3) is 0 Å². The normalized spacial score (nSPS) is 32.5. The van der Waals surface area contributed by atoms with Crippen molar-refractivity contribution in [1.29, 1.82) is 0 Å². The number of para-hydroxylation sites is 1. The molecular weight excluding hydrogens is 244 g/mol. The Bertz CT molecular complexity index is 613. The Morgan fingerprint density at radius 2 is 1.95 bits per heavy atom. The summed E-state index contributed by atoms with van der Waals surface area (Å²) in [6, 6.07) is 10.0. The summed E-state index contributed by atoms with van der Waals surface area (Å²) in [5.41, 5.74) is 2.83. The summed E-state index contributed by atoms with van der Waals surface area (Å²) in [5, 5.41) is 5.29. The van der Waals surface area contributed by atoms with Crippen LogP contribution < -0.4 is 5.32 Å². The largest absolute Gasteiger partial charge is 0.361 e. The number of benzene rings is 1. The number of fused-ring (bicyclic) bond motifs is 3. The van der Waals surface area contributed by atoms with Crippen molar-refractivity contribution in [2.75, 3.05) is 0 Å². The van der Waals surface area contributed by atoms with Crippen LogP contribution >= 0.6 is 0 Å². The zero-order valence-corrected chi connectivity index (χ0v) is 12.4. The maximum absolute atomic E-state index is 3.86. The van der Waals surface area contributed by atoms with Crippen LogP contribution in [-0.2, 0) is 0 Å². The third-order valence-corrected chi connectivity index (χ3v) is 5.42. The molecule has 2 bridgehead atoms. The average Bonchev–Trinajstić information content (AvgIpc) is 3.11. The Morgan fingerprint density at radius 1 is 1.15 bits per heavy atom. The van der Waals surface area contributed by atoms with E-state index in [4.69, 9.17) is 0 Å². The van der Waals surface area contributed by atoms with Crippen LogP contribution in [0.3, 0.4) is 0 Å². The molecule has 2 heteroatoms. The van der Waals surface area contributed by atoms with Crippen molar-refractivity contribution in [3.63, 3.8) is 0 Å². The van der Waals surface area contributed by atoms with E-state index in [1.54, 1.807) is 5.56 Å². The van der Waals surface area contributed by atoms with Gasteiger partial charge in [-0.15, -0.1) is 0 Å². The minimum atomic E-state index is 0.576. The van der Waals surface area contributed by atoms with E-state index >= 15 is 0 Å². The Balaban J connectivity index is 1.75. The first-order chi connectivity index (χ1) is 9.74. The fourth-order valence-electron chi connectivity index (χ4n) is 4.73. The Hall–Kier alpha value is -1.28. The lowest BCUT2D eigenvalue weighted by atomic mass is 9.79. The van der Waals surface area contributed by atoms with Gasteiger partial charge in [-0.3, -0.25) is 0 Å². The number of aromatic nitrogens is 1. The zero-order chi connectivity index (χ0) is 13.7. The van der Waals surface area contributed by atoms with E-state index in [-0.39, 0.29) is 0 Å². The molecule has 1 aromatic heterocycles. The van der Waals surface area contributed by atoms with Crippen LogP contribution in [0.1, 0.15) is 44.6 Å². The maximum Gasteiger partial charge on any atom is 0.0456 e. The van der Waals surface area contributed by atoms with E-state index in [0.29, 0.717) is 18.0 Å². The SMILES string of the molecule is CC(C)N[C@@H]1[C@@H]2CC[C@@H](C2)[C@H]1c1c[nH]c2ccccc12. The van der Waals surface area contributed by atoms with Gasteiger partial charge in [-0.1, -0.05) is 32.0 Å². The molecule has 20 heavy (non-hydrogen) atoms. The highest BCUT2D eigenvalue weighted by molar-refractivity contribution is 5.83. The number of hydrogen-bond acceptors (Lipinski definition) is 1. The second-order valence-corrected chi connectivity index (χ2v) is 7.00. The molecule has 0 saturated heterocycles. The van der Waals surface area contributed by atoms with E-state index in [9.17, 15) is 0 Å². The Kier molecular flexibility index (Phi) is 2.88. The molecule has 106 valence electrons. The lowest BCUT2D eigenvalue weighted by Gasteiger charge is -2.33. The van der Waals surface area contributed by atoms with Crippen molar-refractivity contribution in [3.05, 3.63) is 36.0 Å². The molecule has 2 aliphatic carbocycles. The first-order valence-electron chi connectivity index (χ1n) is 8.06. The molecule has 1 heterocycles. The van der Waals surface area contributed by atoms with Crippen molar-refractivity contribution in [2.24, 2.45) is 11.8 Å². The molecule has 0 spiro atoms. The molecule has 1 aromatic carbocycles. The van der Waals surface area contributed by atoms with Crippen LogP contribution in [0.25, 0.3) is 10.9 Å². The summed E-state index contributed by atoms with van der Waals surface area (Å²) >= 11 is 0. The van der Waals surface area contributed by atoms with E-state index in [0.717, 1.165) is 11.8 Å². The van der Waals surface area contributed by atoms with Crippen LogP contribution in [-0.4, -0.2) is 17.1 Å². The van der Waals surface area contributed by atoms with Gasteiger partial charge >= 0.3 is 0 Å². The number of rotatable bonds is 3. The standard InChI is InChI=1S/C18H24N2/c1-11(2)20-18-13-8-7-12(9-13)17(18)15-10-19-16-6-4-3-5-14(15)16/h3-6,10-13,17-20H,7-9H2,1-2H3/t12-,13+,17-,18+/m0/s1. The summed E-state index contributed by atoms with van der Waals surface area (Å²) in [7, 11) is 0. The van der Waals surface area contributed by atoms with E-state index in [1.807, 2.05) is 0 Å². The molecule has 2 N–H and O–H groups in total. The lowest BCUT2D eigenvalue weighted by molar-refractivity contribution is 0.295. The maximum atomic E-state index is 3.86. The Labute approximate surface area is 121 Å². The minimum Gasteiger partial charge on any atom is -0.361 e. The van der Waals surface area contributed by atoms with E-state index in [1.165, 1.54) is 30.2 Å². The monoisotopic (exact) mass is 268 g/mol. The number of hydrogen-bond donors (Lipinski definition) is 2. The molecular formula is C18H24N2. The molecule has 0 unspecified atom stereocenters. The molecule has 0 amide bonds. The topological polar surface area (TPSA) is 27.8 Å². The predicted octanol–water partition coefficient (Wildman–Crippen LogP) is 4.05. The van der Waals surface area contributed by atoms with E-state index in [2.05, 4.69) is 54.6 Å². The van der Waals surface area contributed by atoms with Gasteiger partial charge in [0.2, 0.25) is 0 Å². The second-order valence-electron chi connectivity index (χ2n) is 7.00. The summed E-state index contributed by atoms with van der Waals surface area (Å²) in [5.74, 6) is 2.48. The van der Waals surface area contributed by atoms with E-state index < -0.39 is 0 Å². The molecule has 2 nitrogen and oxygen atoms in total. The van der Waals surface area contributed by atoms with Crippen molar-refractivity contribution >= 4 is 10.9 Å². The van der Waals surface area contributed by atoms with Gasteiger partial charge in [0, 0.05) is 35.1 Å². The third-order valence-electron chi connectivity index (χ3n) is 5.42. The quantitative estimate of drug-likeness (QED) is 0.863. The fourth-order valence-corrected chi connectivity index (χ4v) is 4.73. The number of aromatic amines is 1. The molecule has 4 atom stereocenters. The first kappa shape index (κ1) is 12.5. The van der Waals surface area contributed by atoms with Crippen LogP contribution in [0, 0.1) is 11.8 Å². The average molecular weight is 268 g/mol. The molecule has 0 radical (unpaired) electrons. The zero-order valence-electron chi connectivity index (χ0n) is 12.4. The molecule has 2 fully saturated rings. The van der Waals surface area contributed by atoms with Gasteiger partial charge in [-0.25, -0.2) is 0 Å². The third kappa shape index (κ3) is 1.81. The number of nitrogens with one attached hydrogen (secondary N) is 2. The smallest absolute Gasteiger partial charge is 0.0456 e. The highest BCUT2D eigenvalue weighted by atomic mass is 15.0. The molecule has 2 aliphatic rings. The van der Waals surface area contributed by atoms with Gasteiger partial charge in [0.15, 0.2) is 0 Å². The summed E-state index contributed by atoms with van der Waals surface area (Å²) in [6.07, 6.45) is 6.54. The summed E-state index contributed by atoms with van der Waals surface area (Å²) < 4.78 is 0. The van der Waals surface area contributed by atoms with Crippen molar-refractivity contribution in [3.8, 4) is 0 Å². The van der Waals surface area contributed by atoms with Crippen molar-refractivity contribution in [1.82, 2.24) is 10.3 Å². The fraction of sp³-hybridized carbons (Fsp3) is 0.556. The molecule has 4 rings (SSSR count). The highest BCUT2D eigenvalue weighted by Gasteiger charge is 2.48. The van der Waals surface area contributed by atoms with Gasteiger partial charge < -0.3 is 10.3 Å². The molecule has 2 saturated carbocycles. The first-order valence-corrected chi connectivity index (χ1v) is 8.06. The van der Waals surface area contributed by atoms with Crippen LogP contribution in [0.4, 0.5) is 0 Å². The van der Waals surface area contributed by atoms with Crippen molar-refractivity contribution < 1.29 is 0 Å². The van der Waals surface area contributed by atoms with Gasteiger partial charge in [0.05, 0.1) is 0 Å². The molecule has 2 aromatic rings. The Morgan fingerprint density at radius 3 is 2.80 bits per heavy atom. The minimum absolute atomic E-state index is 0.576. The summed E-state index contributed by atoms with van der Waals surface area (Å²) in [6.45, 7) is 4.55. The van der Waals surface area contributed by atoms with Crippen LogP contribution in [0.15, 0.2) is 30.5 Å². The van der Waals surface area contributed by atoms with Crippen LogP contribution in [0.2, 0.25) is 0 Å². The van der Waals surface area contributed by atoms with Crippen molar-refractivity contribution in [2.45, 2.75) is 51.1 Å². The van der Waals surface area contributed by atoms with Gasteiger partial charge in [-0.2, -0.15) is 0 Å². The lowest BCUT2D eigenvalue weighted by Crippen LogP contribution is -2.42. The van der Waals surface area contributed by atoms with Gasteiger partial charge in [-0.05, 0) is 42.7 Å². The molecule has 0 aliphatic heterocycles. The number of H-pyrrole nitrogens is 1. The van der Waals surface area contributed by atoms with Gasteiger partial charge in [0.1, 0.15) is 0 Å². The second kappa shape index (κ2) is 4.63.